The van der Waals surface area contributed by atoms with E-state index in [1.165, 1.54) is 25.3 Å². The molecule has 0 amide bonds. The molecule has 0 radical (unpaired) electrons. The predicted molar refractivity (Wildman–Crippen MR) is 132 cm³/mol. The first kappa shape index (κ1) is 23.7. The quantitative estimate of drug-likeness (QED) is 0.551. The summed E-state index contributed by atoms with van der Waals surface area (Å²) in [6.07, 6.45) is 11.0. The molecule has 1 aromatic carbocycles. The Morgan fingerprint density at radius 2 is 1.86 bits per heavy atom. The van der Waals surface area contributed by atoms with Gasteiger partial charge < -0.3 is 19.9 Å². The van der Waals surface area contributed by atoms with Crippen LogP contribution in [0.5, 0.6) is 0 Å². The molecule has 5 atom stereocenters. The molecule has 4 heterocycles. The van der Waals surface area contributed by atoms with Crippen LogP contribution in [0.3, 0.4) is 0 Å². The number of hydrogen-bond donors (Lipinski definition) is 1. The van der Waals surface area contributed by atoms with Gasteiger partial charge in [0.1, 0.15) is 36.0 Å². The molecule has 3 aliphatic rings. The van der Waals surface area contributed by atoms with Crippen LogP contribution < -0.4 is 5.73 Å². The highest BCUT2D eigenvalue weighted by Crippen LogP contribution is 2.44. The van der Waals surface area contributed by atoms with Gasteiger partial charge in [-0.15, -0.1) is 0 Å². The summed E-state index contributed by atoms with van der Waals surface area (Å²) < 4.78 is 35.0. The zero-order valence-electron chi connectivity index (χ0n) is 20.6. The average molecular weight is 494 g/mol. The van der Waals surface area contributed by atoms with Gasteiger partial charge in [0.05, 0.1) is 18.1 Å². The smallest absolute Gasteiger partial charge is 0.166 e. The molecule has 3 aromatic rings. The van der Waals surface area contributed by atoms with Crippen LogP contribution >= 0.6 is 0 Å². The minimum atomic E-state index is -0.776. The van der Waals surface area contributed by atoms with Crippen LogP contribution in [0.15, 0.2) is 43.0 Å². The Hall–Kier alpha value is -2.72. The van der Waals surface area contributed by atoms with Crippen molar-refractivity contribution < 1.29 is 18.6 Å². The maximum absolute atomic E-state index is 14.2. The van der Waals surface area contributed by atoms with Crippen LogP contribution in [0.25, 0.3) is 17.2 Å². The second-order valence-corrected chi connectivity index (χ2v) is 10.4. The van der Waals surface area contributed by atoms with E-state index in [9.17, 15) is 4.39 Å². The molecule has 3 fully saturated rings. The highest BCUT2D eigenvalue weighted by molar-refractivity contribution is 5.73. The molecule has 9 heteroatoms. The van der Waals surface area contributed by atoms with Gasteiger partial charge in [0.15, 0.2) is 17.7 Å². The number of ether oxygens (including phenoxy) is 3. The van der Waals surface area contributed by atoms with Crippen molar-refractivity contribution in [1.82, 2.24) is 19.5 Å². The third-order valence-electron chi connectivity index (χ3n) is 7.57. The highest BCUT2D eigenvalue weighted by atomic mass is 19.1. The summed E-state index contributed by atoms with van der Waals surface area (Å²) in [5.41, 5.74) is 9.31. The van der Waals surface area contributed by atoms with Gasteiger partial charge in [-0.05, 0) is 38.7 Å². The van der Waals surface area contributed by atoms with Gasteiger partial charge in [0, 0.05) is 5.56 Å². The lowest BCUT2D eigenvalue weighted by molar-refractivity contribution is -0.191. The molecule has 1 saturated carbocycles. The van der Waals surface area contributed by atoms with E-state index in [1.807, 2.05) is 24.5 Å². The molecule has 36 heavy (non-hydrogen) atoms. The molecule has 6 rings (SSSR count). The number of hydrogen-bond acceptors (Lipinski definition) is 7. The summed E-state index contributed by atoms with van der Waals surface area (Å²) in [5.74, 6) is -0.668. The Kier molecular flexibility index (Phi) is 6.11. The molecule has 190 valence electrons. The van der Waals surface area contributed by atoms with E-state index < -0.39 is 24.2 Å². The Morgan fingerprint density at radius 1 is 1.08 bits per heavy atom. The Labute approximate surface area is 209 Å². The summed E-state index contributed by atoms with van der Waals surface area (Å²) in [5, 5.41) is 0. The number of imidazole rings is 1. The van der Waals surface area contributed by atoms with E-state index in [-0.39, 0.29) is 18.0 Å². The zero-order valence-corrected chi connectivity index (χ0v) is 20.6. The van der Waals surface area contributed by atoms with E-state index in [0.29, 0.717) is 22.6 Å². The number of nitrogens with two attached hydrogens (primary N) is 1. The predicted octanol–water partition coefficient (Wildman–Crippen LogP) is 4.68. The van der Waals surface area contributed by atoms with Gasteiger partial charge in [0.2, 0.25) is 0 Å². The van der Waals surface area contributed by atoms with Crippen molar-refractivity contribution in [3.8, 4) is 0 Å². The van der Waals surface area contributed by atoms with Crippen LogP contribution in [0.1, 0.15) is 69.5 Å². The Bertz CT molecular complexity index is 1270. The molecule has 2 aromatic heterocycles. The minimum absolute atomic E-state index is 0.183. The number of aromatic nitrogens is 4. The molecule has 0 spiro atoms. The average Bonchev–Trinajstić information content (AvgIpc) is 3.54. The third kappa shape index (κ3) is 4.24. The summed E-state index contributed by atoms with van der Waals surface area (Å²) in [4.78, 5) is 13.8. The number of fused-ring (bicyclic) bond motifs is 2. The van der Waals surface area contributed by atoms with Crippen LogP contribution in [-0.2, 0) is 14.2 Å². The van der Waals surface area contributed by atoms with E-state index in [0.717, 1.165) is 18.5 Å². The van der Waals surface area contributed by atoms with Crippen molar-refractivity contribution in [2.75, 3.05) is 0 Å². The SMILES string of the molecule is CC1(C)OC2C(C=Cc3ccccc3F)OC(n3cnc4c(C(N)C5CCCCC5)ncnc43)C2O1. The second-order valence-electron chi connectivity index (χ2n) is 10.4. The van der Waals surface area contributed by atoms with Crippen molar-refractivity contribution in [2.45, 2.75) is 82.3 Å². The number of rotatable bonds is 5. The summed E-state index contributed by atoms with van der Waals surface area (Å²) in [6.45, 7) is 3.77. The van der Waals surface area contributed by atoms with Crippen molar-refractivity contribution in [1.29, 1.82) is 0 Å². The molecule has 0 bridgehead atoms. The molecule has 1 aliphatic carbocycles. The molecular weight excluding hydrogens is 461 g/mol. The normalized spacial score (nSPS) is 29.2. The van der Waals surface area contributed by atoms with Gasteiger partial charge in [0.25, 0.3) is 0 Å². The van der Waals surface area contributed by atoms with Crippen molar-refractivity contribution in [2.24, 2.45) is 11.7 Å². The number of halogens is 1. The van der Waals surface area contributed by atoms with Gasteiger partial charge in [-0.3, -0.25) is 4.57 Å². The molecular formula is C27H32FN5O3. The Balaban J connectivity index is 1.32. The largest absolute Gasteiger partial charge is 0.345 e. The first-order chi connectivity index (χ1) is 17.4. The van der Waals surface area contributed by atoms with Gasteiger partial charge in [-0.1, -0.05) is 49.6 Å². The fourth-order valence-electron chi connectivity index (χ4n) is 5.81. The lowest BCUT2D eigenvalue weighted by Gasteiger charge is -2.27. The number of benzene rings is 1. The summed E-state index contributed by atoms with van der Waals surface area (Å²) in [6, 6.07) is 6.45. The van der Waals surface area contributed by atoms with Crippen LogP contribution in [0, 0.1) is 11.7 Å². The second kappa shape index (κ2) is 9.30. The van der Waals surface area contributed by atoms with Gasteiger partial charge in [-0.25, -0.2) is 19.3 Å². The van der Waals surface area contributed by atoms with E-state index in [4.69, 9.17) is 19.9 Å². The van der Waals surface area contributed by atoms with Crippen LogP contribution in [0.4, 0.5) is 4.39 Å². The maximum atomic E-state index is 14.2. The summed E-state index contributed by atoms with van der Waals surface area (Å²) >= 11 is 0. The zero-order chi connectivity index (χ0) is 24.9. The van der Waals surface area contributed by atoms with Gasteiger partial charge >= 0.3 is 0 Å². The van der Waals surface area contributed by atoms with E-state index in [2.05, 4.69) is 15.0 Å². The van der Waals surface area contributed by atoms with Crippen LogP contribution in [0.2, 0.25) is 0 Å². The molecule has 5 unspecified atom stereocenters. The first-order valence-corrected chi connectivity index (χ1v) is 12.8. The monoisotopic (exact) mass is 493 g/mol. The number of nitrogens with zero attached hydrogens (tertiary/aromatic N) is 4. The highest BCUT2D eigenvalue weighted by Gasteiger charge is 2.55. The van der Waals surface area contributed by atoms with Crippen molar-refractivity contribution >= 4 is 17.2 Å². The maximum Gasteiger partial charge on any atom is 0.166 e. The van der Waals surface area contributed by atoms with Crippen molar-refractivity contribution in [3.05, 3.63) is 60.1 Å². The first-order valence-electron chi connectivity index (χ1n) is 12.8. The van der Waals surface area contributed by atoms with Gasteiger partial charge in [-0.2, -0.15) is 0 Å². The molecule has 8 nitrogen and oxygen atoms in total. The van der Waals surface area contributed by atoms with E-state index in [1.54, 1.807) is 36.9 Å². The third-order valence-corrected chi connectivity index (χ3v) is 7.57. The fraction of sp³-hybridized carbons (Fsp3) is 0.519. The van der Waals surface area contributed by atoms with E-state index >= 15 is 0 Å². The molecule has 2 aliphatic heterocycles. The molecule has 2 saturated heterocycles. The summed E-state index contributed by atoms with van der Waals surface area (Å²) in [7, 11) is 0. The lowest BCUT2D eigenvalue weighted by atomic mass is 9.83. The van der Waals surface area contributed by atoms with Crippen molar-refractivity contribution in [3.63, 3.8) is 0 Å². The standard InChI is InChI=1S/C27H32FN5O3/c1-27(2)35-23-19(13-12-16-8-6-7-11-18(16)28)34-26(24(23)36-27)33-15-32-22-21(30-14-31-25(22)33)20(29)17-9-4-3-5-10-17/h6-8,11-15,17,19-20,23-24,26H,3-5,9-10,29H2,1-2H3. The minimum Gasteiger partial charge on any atom is -0.345 e. The lowest BCUT2D eigenvalue weighted by Crippen LogP contribution is -2.28. The molecule has 2 N–H and O–H groups in total. The topological polar surface area (TPSA) is 97.3 Å². The fourth-order valence-corrected chi connectivity index (χ4v) is 5.81. The Morgan fingerprint density at radius 3 is 2.67 bits per heavy atom. The van der Waals surface area contributed by atoms with Crippen LogP contribution in [-0.4, -0.2) is 43.6 Å².